The summed E-state index contributed by atoms with van der Waals surface area (Å²) in [6.45, 7) is 0. The van der Waals surface area contributed by atoms with E-state index in [0.29, 0.717) is 0 Å². The number of alkyl halides is 3. The highest BCUT2D eigenvalue weighted by atomic mass is 19.4. The summed E-state index contributed by atoms with van der Waals surface area (Å²) in [4.78, 5) is 12.3. The van der Waals surface area contributed by atoms with E-state index in [2.05, 4.69) is 10.4 Å². The molecule has 1 N–H and O–H groups in total. The van der Waals surface area contributed by atoms with Crippen LogP contribution in [0.2, 0.25) is 0 Å². The molecule has 0 saturated carbocycles. The number of hydrogen-bond acceptors (Lipinski definition) is 2. The number of para-hydroxylation sites is 1. The SMILES string of the molecule is Cn1nc(C(=O)Nc2ccccc2F)cc1-c1c(F)cccc1C(F)(F)F. The second-order valence-electron chi connectivity index (χ2n) is 5.63. The highest BCUT2D eigenvalue weighted by Gasteiger charge is 2.36. The Kier molecular flexibility index (Phi) is 4.69. The van der Waals surface area contributed by atoms with Crippen LogP contribution >= 0.6 is 0 Å². The quantitative estimate of drug-likeness (QED) is 0.672. The van der Waals surface area contributed by atoms with Gasteiger partial charge in [0.1, 0.15) is 11.6 Å². The number of carbonyl (C=O) groups is 1. The molecule has 140 valence electrons. The van der Waals surface area contributed by atoms with Crippen molar-refractivity contribution in [3.05, 3.63) is 71.4 Å². The molecule has 0 aliphatic rings. The van der Waals surface area contributed by atoms with E-state index in [9.17, 15) is 26.7 Å². The van der Waals surface area contributed by atoms with Gasteiger partial charge in [0.15, 0.2) is 5.69 Å². The predicted octanol–water partition coefficient (Wildman–Crippen LogP) is 4.64. The molecular weight excluding hydrogens is 369 g/mol. The Bertz CT molecular complexity index is 1010. The minimum Gasteiger partial charge on any atom is -0.318 e. The molecule has 1 aromatic heterocycles. The first-order valence-electron chi connectivity index (χ1n) is 7.64. The van der Waals surface area contributed by atoms with Gasteiger partial charge in [0.2, 0.25) is 0 Å². The number of rotatable bonds is 3. The molecule has 0 fully saturated rings. The number of halogens is 5. The summed E-state index contributed by atoms with van der Waals surface area (Å²) in [7, 11) is 1.28. The lowest BCUT2D eigenvalue weighted by atomic mass is 10.0. The van der Waals surface area contributed by atoms with Gasteiger partial charge in [-0.2, -0.15) is 18.3 Å². The van der Waals surface area contributed by atoms with Crippen molar-refractivity contribution in [2.75, 3.05) is 5.32 Å². The zero-order chi connectivity index (χ0) is 19.8. The van der Waals surface area contributed by atoms with Crippen LogP contribution in [-0.2, 0) is 13.2 Å². The number of amides is 1. The molecule has 0 aliphatic carbocycles. The van der Waals surface area contributed by atoms with Crippen molar-refractivity contribution in [2.45, 2.75) is 6.18 Å². The lowest BCUT2D eigenvalue weighted by Crippen LogP contribution is -2.13. The molecule has 9 heteroatoms. The number of anilines is 1. The minimum atomic E-state index is -4.79. The first-order chi connectivity index (χ1) is 12.7. The fraction of sp³-hybridized carbons (Fsp3) is 0.111. The standard InChI is InChI=1S/C18H12F5N3O/c1-26-15(16-10(18(21,22)23)5-4-7-12(16)20)9-14(25-26)17(27)24-13-8-3-2-6-11(13)19/h2-9H,1H3,(H,24,27). The Hall–Kier alpha value is -3.23. The Morgan fingerprint density at radius 1 is 1.04 bits per heavy atom. The molecule has 1 heterocycles. The molecule has 0 aliphatic heterocycles. The van der Waals surface area contributed by atoms with E-state index in [0.717, 1.165) is 35.0 Å². The van der Waals surface area contributed by atoms with Crippen LogP contribution in [0.15, 0.2) is 48.5 Å². The predicted molar refractivity (Wildman–Crippen MR) is 88.0 cm³/mol. The van der Waals surface area contributed by atoms with Gasteiger partial charge in [-0.15, -0.1) is 0 Å². The van der Waals surface area contributed by atoms with Crippen molar-refractivity contribution < 1.29 is 26.7 Å². The number of benzene rings is 2. The molecule has 0 atom stereocenters. The fourth-order valence-corrected chi connectivity index (χ4v) is 2.58. The molecular formula is C18H12F5N3O. The first-order valence-corrected chi connectivity index (χ1v) is 7.64. The third kappa shape index (κ3) is 3.67. The van der Waals surface area contributed by atoms with Gasteiger partial charge in [-0.1, -0.05) is 18.2 Å². The van der Waals surface area contributed by atoms with Gasteiger partial charge in [-0.05, 0) is 30.3 Å². The van der Waals surface area contributed by atoms with E-state index in [4.69, 9.17) is 0 Å². The van der Waals surface area contributed by atoms with Crippen LogP contribution in [0.4, 0.5) is 27.6 Å². The van der Waals surface area contributed by atoms with Gasteiger partial charge in [-0.25, -0.2) is 8.78 Å². The minimum absolute atomic E-state index is 0.114. The van der Waals surface area contributed by atoms with E-state index < -0.39 is 34.8 Å². The molecule has 1 amide bonds. The Morgan fingerprint density at radius 2 is 1.70 bits per heavy atom. The van der Waals surface area contributed by atoms with E-state index in [1.807, 2.05) is 0 Å². The summed E-state index contributed by atoms with van der Waals surface area (Å²) in [6.07, 6.45) is -4.79. The molecule has 0 spiro atoms. The monoisotopic (exact) mass is 381 g/mol. The van der Waals surface area contributed by atoms with Gasteiger partial charge in [0.25, 0.3) is 5.91 Å². The topological polar surface area (TPSA) is 46.9 Å². The Morgan fingerprint density at radius 3 is 2.37 bits per heavy atom. The van der Waals surface area contributed by atoms with Crippen LogP contribution in [-0.4, -0.2) is 15.7 Å². The van der Waals surface area contributed by atoms with Gasteiger partial charge in [-0.3, -0.25) is 9.48 Å². The summed E-state index contributed by atoms with van der Waals surface area (Å²) in [5.41, 5.74) is -2.54. The summed E-state index contributed by atoms with van der Waals surface area (Å²) < 4.78 is 68.4. The fourth-order valence-electron chi connectivity index (χ4n) is 2.58. The molecule has 0 bridgehead atoms. The number of hydrogen-bond donors (Lipinski definition) is 1. The first kappa shape index (κ1) is 18.6. The van der Waals surface area contributed by atoms with Gasteiger partial charge >= 0.3 is 6.18 Å². The number of aryl methyl sites for hydroxylation is 1. The van der Waals surface area contributed by atoms with Crippen LogP contribution in [0.5, 0.6) is 0 Å². The highest BCUT2D eigenvalue weighted by molar-refractivity contribution is 6.03. The van der Waals surface area contributed by atoms with Crippen LogP contribution in [0.1, 0.15) is 16.1 Å². The normalized spacial score (nSPS) is 11.5. The Labute approximate surface area is 150 Å². The molecule has 4 nitrogen and oxygen atoms in total. The van der Waals surface area contributed by atoms with Crippen molar-refractivity contribution in [3.63, 3.8) is 0 Å². The van der Waals surface area contributed by atoms with Crippen molar-refractivity contribution in [3.8, 4) is 11.3 Å². The number of aromatic nitrogens is 2. The van der Waals surface area contributed by atoms with E-state index in [-0.39, 0.29) is 17.1 Å². The molecule has 27 heavy (non-hydrogen) atoms. The van der Waals surface area contributed by atoms with Crippen LogP contribution in [0.25, 0.3) is 11.3 Å². The highest BCUT2D eigenvalue weighted by Crippen LogP contribution is 2.38. The second kappa shape index (κ2) is 6.82. The van der Waals surface area contributed by atoms with Crippen molar-refractivity contribution in [2.24, 2.45) is 7.05 Å². The maximum atomic E-state index is 14.2. The molecule has 0 saturated heterocycles. The van der Waals surface area contributed by atoms with Crippen LogP contribution in [0, 0.1) is 11.6 Å². The maximum Gasteiger partial charge on any atom is 0.417 e. The number of carbonyl (C=O) groups excluding carboxylic acids is 1. The van der Waals surface area contributed by atoms with E-state index >= 15 is 0 Å². The van der Waals surface area contributed by atoms with E-state index in [1.54, 1.807) is 0 Å². The summed E-state index contributed by atoms with van der Waals surface area (Å²) in [6, 6.07) is 8.97. The second-order valence-corrected chi connectivity index (χ2v) is 5.63. The lowest BCUT2D eigenvalue weighted by Gasteiger charge is -2.13. The molecule has 0 unspecified atom stereocenters. The average Bonchev–Trinajstić information content (AvgIpc) is 2.97. The van der Waals surface area contributed by atoms with Crippen molar-refractivity contribution in [1.82, 2.24) is 9.78 Å². The summed E-state index contributed by atoms with van der Waals surface area (Å²) in [5, 5.41) is 6.10. The van der Waals surface area contributed by atoms with E-state index in [1.165, 1.54) is 25.2 Å². The maximum absolute atomic E-state index is 14.2. The van der Waals surface area contributed by atoms with Gasteiger partial charge in [0, 0.05) is 12.6 Å². The third-order valence-electron chi connectivity index (χ3n) is 3.81. The smallest absolute Gasteiger partial charge is 0.318 e. The molecule has 2 aromatic carbocycles. The van der Waals surface area contributed by atoms with Crippen LogP contribution in [0.3, 0.4) is 0 Å². The number of nitrogens with zero attached hydrogens (tertiary/aromatic N) is 2. The molecule has 0 radical (unpaired) electrons. The number of nitrogens with one attached hydrogen (secondary N) is 1. The summed E-state index contributed by atoms with van der Waals surface area (Å²) >= 11 is 0. The molecule has 3 rings (SSSR count). The largest absolute Gasteiger partial charge is 0.417 e. The van der Waals surface area contributed by atoms with Crippen LogP contribution < -0.4 is 5.32 Å². The average molecular weight is 381 g/mol. The summed E-state index contributed by atoms with van der Waals surface area (Å²) in [5.74, 6) is -2.63. The van der Waals surface area contributed by atoms with Gasteiger partial charge in [0.05, 0.1) is 16.9 Å². The molecule has 3 aromatic rings. The third-order valence-corrected chi connectivity index (χ3v) is 3.81. The Balaban J connectivity index is 2.01. The van der Waals surface area contributed by atoms with Gasteiger partial charge < -0.3 is 5.32 Å². The lowest BCUT2D eigenvalue weighted by molar-refractivity contribution is -0.137. The zero-order valence-corrected chi connectivity index (χ0v) is 13.8. The zero-order valence-electron chi connectivity index (χ0n) is 13.8. The van der Waals surface area contributed by atoms with Crippen molar-refractivity contribution in [1.29, 1.82) is 0 Å². The van der Waals surface area contributed by atoms with Crippen molar-refractivity contribution >= 4 is 11.6 Å².